The molecule has 0 spiro atoms. The Balaban J connectivity index is 1.42. The fraction of sp³-hybridized carbons (Fsp3) is 0.667. The summed E-state index contributed by atoms with van der Waals surface area (Å²) in [6.07, 6.45) is 10.8. The minimum atomic E-state index is -0.184. The molecule has 0 aliphatic heterocycles. The topological polar surface area (TPSA) is 46.5 Å². The molecule has 3 heteroatoms. The number of benzene rings is 1. The van der Waals surface area contributed by atoms with E-state index in [1.54, 1.807) is 7.11 Å². The fourth-order valence-electron chi connectivity index (χ4n) is 7.94. The normalized spacial score (nSPS) is 44.3. The minimum absolute atomic E-state index is 0.0967. The number of carbonyl (C=O) groups excluding carboxylic acids is 1. The van der Waals surface area contributed by atoms with Crippen LogP contribution >= 0.6 is 0 Å². The molecular formula is C27H36O3. The molecule has 7 atom stereocenters. The summed E-state index contributed by atoms with van der Waals surface area (Å²) in [7, 11) is 1.68. The first-order chi connectivity index (χ1) is 14.3. The number of fused-ring (bicyclic) bond motifs is 5. The standard InChI is InChI=1S/C27H36O3/c1-26-12-10-20(28)16-19(26)6-9-22-23(26)11-13-27(2)24(22)15-18(25(27)29)14-17-4-7-21(30-3)8-5-17/h4-5,7-8,14,19-20,22-24,28H,6,9-13,15-16H2,1-3H3/b18-14-/t19-,20-,22-,23+,24+,26-,27-/m0/s1. The Morgan fingerprint density at radius 2 is 1.80 bits per heavy atom. The predicted molar refractivity (Wildman–Crippen MR) is 119 cm³/mol. The smallest absolute Gasteiger partial charge is 0.165 e. The van der Waals surface area contributed by atoms with Crippen LogP contribution in [0.2, 0.25) is 0 Å². The van der Waals surface area contributed by atoms with Gasteiger partial charge in [0.25, 0.3) is 0 Å². The Bertz CT molecular complexity index is 855. The Hall–Kier alpha value is -1.61. The van der Waals surface area contributed by atoms with E-state index >= 15 is 0 Å². The quantitative estimate of drug-likeness (QED) is 0.642. The van der Waals surface area contributed by atoms with Crippen molar-refractivity contribution in [2.45, 2.75) is 71.3 Å². The van der Waals surface area contributed by atoms with Gasteiger partial charge < -0.3 is 9.84 Å². The monoisotopic (exact) mass is 408 g/mol. The van der Waals surface area contributed by atoms with Crippen LogP contribution in [0.3, 0.4) is 0 Å². The zero-order chi connectivity index (χ0) is 21.1. The van der Waals surface area contributed by atoms with Gasteiger partial charge in [0, 0.05) is 5.41 Å². The molecule has 0 heterocycles. The van der Waals surface area contributed by atoms with E-state index in [1.165, 1.54) is 19.3 Å². The highest BCUT2D eigenvalue weighted by molar-refractivity contribution is 6.05. The number of ketones is 1. The van der Waals surface area contributed by atoms with Crippen LogP contribution in [0, 0.1) is 34.5 Å². The number of carbonyl (C=O) groups is 1. The number of Topliss-reactive ketones (excluding diaryl/α,β-unsaturated/α-hetero) is 1. The molecule has 0 aromatic heterocycles. The van der Waals surface area contributed by atoms with Gasteiger partial charge in [-0.05, 0) is 110 Å². The first-order valence-corrected chi connectivity index (χ1v) is 11.9. The molecule has 5 rings (SSSR count). The van der Waals surface area contributed by atoms with Crippen LogP contribution < -0.4 is 4.74 Å². The highest BCUT2D eigenvalue weighted by Crippen LogP contribution is 2.66. The van der Waals surface area contributed by atoms with Crippen molar-refractivity contribution in [3.05, 3.63) is 35.4 Å². The van der Waals surface area contributed by atoms with Crippen LogP contribution in [0.5, 0.6) is 5.75 Å². The van der Waals surface area contributed by atoms with Crippen molar-refractivity contribution in [3.8, 4) is 5.75 Å². The maximum absolute atomic E-state index is 13.5. The van der Waals surface area contributed by atoms with E-state index < -0.39 is 0 Å². The fourth-order valence-corrected chi connectivity index (χ4v) is 7.94. The third-order valence-electron chi connectivity index (χ3n) is 9.73. The van der Waals surface area contributed by atoms with Gasteiger partial charge in [0.1, 0.15) is 5.75 Å². The van der Waals surface area contributed by atoms with Crippen molar-refractivity contribution >= 4 is 11.9 Å². The van der Waals surface area contributed by atoms with E-state index in [0.717, 1.165) is 54.9 Å². The Morgan fingerprint density at radius 1 is 1.03 bits per heavy atom. The molecule has 0 bridgehead atoms. The third kappa shape index (κ3) is 2.99. The summed E-state index contributed by atoms with van der Waals surface area (Å²) in [5, 5.41) is 10.2. The van der Waals surface area contributed by atoms with Gasteiger partial charge in [-0.1, -0.05) is 26.0 Å². The largest absolute Gasteiger partial charge is 0.497 e. The number of aliphatic hydroxyl groups is 1. The highest BCUT2D eigenvalue weighted by atomic mass is 16.5. The average molecular weight is 409 g/mol. The number of methoxy groups -OCH3 is 1. The third-order valence-corrected chi connectivity index (χ3v) is 9.73. The second kappa shape index (κ2) is 7.22. The molecule has 4 fully saturated rings. The second-order valence-electron chi connectivity index (χ2n) is 11.0. The number of aliphatic hydroxyl groups excluding tert-OH is 1. The first-order valence-electron chi connectivity index (χ1n) is 11.9. The highest BCUT2D eigenvalue weighted by Gasteiger charge is 2.61. The van der Waals surface area contributed by atoms with Crippen molar-refractivity contribution < 1.29 is 14.6 Å². The van der Waals surface area contributed by atoms with Gasteiger partial charge in [-0.3, -0.25) is 4.79 Å². The molecule has 3 nitrogen and oxygen atoms in total. The number of allylic oxidation sites excluding steroid dienone is 1. The zero-order valence-electron chi connectivity index (χ0n) is 18.7. The van der Waals surface area contributed by atoms with Crippen LogP contribution in [-0.2, 0) is 4.79 Å². The summed E-state index contributed by atoms with van der Waals surface area (Å²) in [5.41, 5.74) is 2.29. The van der Waals surface area contributed by atoms with Gasteiger partial charge in [0.05, 0.1) is 13.2 Å². The van der Waals surface area contributed by atoms with Crippen molar-refractivity contribution in [3.63, 3.8) is 0 Å². The van der Waals surface area contributed by atoms with Crippen molar-refractivity contribution in [1.29, 1.82) is 0 Å². The van der Waals surface area contributed by atoms with E-state index in [9.17, 15) is 9.90 Å². The Morgan fingerprint density at radius 3 is 2.53 bits per heavy atom. The van der Waals surface area contributed by atoms with Crippen LogP contribution in [0.15, 0.2) is 29.8 Å². The summed E-state index contributed by atoms with van der Waals surface area (Å²) in [4.78, 5) is 13.5. The minimum Gasteiger partial charge on any atom is -0.497 e. The number of ether oxygens (including phenoxy) is 1. The SMILES string of the molecule is COc1ccc(/C=C2/C[C@@H]3[C@H]4CC[C@H]5C[C@@H](O)CC[C@]5(C)[C@@H]4CC[C@]3(C)C2=O)cc1. The number of rotatable bonds is 2. The molecule has 162 valence electrons. The zero-order valence-corrected chi connectivity index (χ0v) is 18.7. The van der Waals surface area contributed by atoms with Gasteiger partial charge in [0.2, 0.25) is 0 Å². The van der Waals surface area contributed by atoms with Gasteiger partial charge in [-0.2, -0.15) is 0 Å². The van der Waals surface area contributed by atoms with E-state index in [-0.39, 0.29) is 11.5 Å². The summed E-state index contributed by atoms with van der Waals surface area (Å²) >= 11 is 0. The van der Waals surface area contributed by atoms with Crippen molar-refractivity contribution in [1.82, 2.24) is 0 Å². The maximum atomic E-state index is 13.5. The molecule has 0 unspecified atom stereocenters. The maximum Gasteiger partial charge on any atom is 0.165 e. The molecule has 1 aromatic rings. The second-order valence-corrected chi connectivity index (χ2v) is 11.0. The van der Waals surface area contributed by atoms with Crippen molar-refractivity contribution in [2.24, 2.45) is 34.5 Å². The summed E-state index contributed by atoms with van der Waals surface area (Å²) in [6, 6.07) is 8.03. The molecule has 1 N–H and O–H groups in total. The molecule has 0 amide bonds. The molecule has 4 aliphatic carbocycles. The predicted octanol–water partition coefficient (Wildman–Crippen LogP) is 5.66. The lowest BCUT2D eigenvalue weighted by atomic mass is 9.45. The lowest BCUT2D eigenvalue weighted by molar-refractivity contribution is -0.141. The molecule has 4 saturated carbocycles. The van der Waals surface area contributed by atoms with Gasteiger partial charge in [0.15, 0.2) is 5.78 Å². The Labute approximate surface area is 180 Å². The first kappa shape index (κ1) is 20.3. The van der Waals surface area contributed by atoms with Gasteiger partial charge in [-0.15, -0.1) is 0 Å². The molecule has 1 aromatic carbocycles. The van der Waals surface area contributed by atoms with Crippen LogP contribution in [0.1, 0.15) is 70.8 Å². The van der Waals surface area contributed by atoms with Crippen LogP contribution in [0.4, 0.5) is 0 Å². The van der Waals surface area contributed by atoms with E-state index in [0.29, 0.717) is 29.0 Å². The summed E-state index contributed by atoms with van der Waals surface area (Å²) < 4.78 is 5.27. The summed E-state index contributed by atoms with van der Waals surface area (Å²) in [6.45, 7) is 4.76. The van der Waals surface area contributed by atoms with Gasteiger partial charge >= 0.3 is 0 Å². The molecular weight excluding hydrogens is 372 g/mol. The van der Waals surface area contributed by atoms with E-state index in [2.05, 4.69) is 19.9 Å². The van der Waals surface area contributed by atoms with E-state index in [4.69, 9.17) is 4.74 Å². The average Bonchev–Trinajstić information content (AvgIpc) is 3.00. The van der Waals surface area contributed by atoms with Gasteiger partial charge in [-0.25, -0.2) is 0 Å². The lowest BCUT2D eigenvalue weighted by Crippen LogP contribution is -2.54. The molecule has 30 heavy (non-hydrogen) atoms. The molecule has 0 saturated heterocycles. The van der Waals surface area contributed by atoms with Crippen LogP contribution in [0.25, 0.3) is 6.08 Å². The molecule has 4 aliphatic rings. The summed E-state index contributed by atoms with van der Waals surface area (Å²) in [5.74, 6) is 3.77. The van der Waals surface area contributed by atoms with E-state index in [1.807, 2.05) is 24.3 Å². The lowest BCUT2D eigenvalue weighted by Gasteiger charge is -2.59. The number of hydrogen-bond acceptors (Lipinski definition) is 3. The van der Waals surface area contributed by atoms with Crippen LogP contribution in [-0.4, -0.2) is 24.1 Å². The molecule has 0 radical (unpaired) electrons. The number of hydrogen-bond donors (Lipinski definition) is 1. The van der Waals surface area contributed by atoms with Crippen molar-refractivity contribution in [2.75, 3.05) is 7.11 Å². The Kier molecular flexibility index (Phi) is 4.89.